The van der Waals surface area contributed by atoms with Crippen LogP contribution in [0.1, 0.15) is 5.56 Å². The molecule has 0 saturated heterocycles. The van der Waals surface area contributed by atoms with E-state index in [1.165, 1.54) is 26.3 Å². The van der Waals surface area contributed by atoms with Gasteiger partial charge in [-0.15, -0.1) is 12.4 Å². The maximum Gasteiger partial charge on any atom is 0.412 e. The van der Waals surface area contributed by atoms with Gasteiger partial charge in [0.15, 0.2) is 11.5 Å². The molecule has 7 nitrogen and oxygen atoms in total. The van der Waals surface area contributed by atoms with Crippen molar-refractivity contribution in [2.45, 2.75) is 6.42 Å². The number of nitrogens with one attached hydrogen (secondary N) is 2. The molecule has 112 valence electrons. The van der Waals surface area contributed by atoms with E-state index in [1.807, 2.05) is 0 Å². The molecule has 20 heavy (non-hydrogen) atoms. The minimum atomic E-state index is -0.667. The van der Waals surface area contributed by atoms with Crippen molar-refractivity contribution in [2.24, 2.45) is 0 Å². The fourth-order valence-corrected chi connectivity index (χ4v) is 1.33. The zero-order valence-electron chi connectivity index (χ0n) is 11.1. The van der Waals surface area contributed by atoms with Crippen LogP contribution in [-0.4, -0.2) is 38.0 Å². The maximum atomic E-state index is 11.1. The predicted octanol–water partition coefficient (Wildman–Crippen LogP) is 1.43. The molecular formula is C12H17ClN2O5. The third-order valence-corrected chi connectivity index (χ3v) is 2.30. The van der Waals surface area contributed by atoms with Crippen LogP contribution in [0.2, 0.25) is 0 Å². The number of carbonyl (C=O) groups is 2. The normalized spacial score (nSPS) is 9.10. The molecule has 2 amide bonds. The Morgan fingerprint density at radius 1 is 1.30 bits per heavy atom. The molecule has 0 aliphatic carbocycles. The van der Waals surface area contributed by atoms with E-state index in [1.54, 1.807) is 6.07 Å². The molecule has 3 N–H and O–H groups in total. The molecule has 0 saturated carbocycles. The van der Waals surface area contributed by atoms with Crippen molar-refractivity contribution in [1.29, 1.82) is 0 Å². The quantitative estimate of drug-likeness (QED) is 0.782. The number of amides is 2. The fraction of sp³-hybridized carbons (Fsp3) is 0.333. The van der Waals surface area contributed by atoms with Gasteiger partial charge in [0.25, 0.3) is 0 Å². The molecule has 0 heterocycles. The van der Waals surface area contributed by atoms with Gasteiger partial charge in [-0.3, -0.25) is 0 Å². The number of carbonyl (C=O) groups excluding carboxylic acids is 2. The highest BCUT2D eigenvalue weighted by Gasteiger charge is 2.08. The second-order valence-corrected chi connectivity index (χ2v) is 3.61. The largest absolute Gasteiger partial charge is 0.504 e. The lowest BCUT2D eigenvalue weighted by molar-refractivity contribution is 0.171. The second-order valence-electron chi connectivity index (χ2n) is 3.61. The van der Waals surface area contributed by atoms with Crippen molar-refractivity contribution in [3.8, 4) is 11.5 Å². The van der Waals surface area contributed by atoms with Crippen molar-refractivity contribution in [3.05, 3.63) is 23.8 Å². The van der Waals surface area contributed by atoms with E-state index >= 15 is 0 Å². The first-order valence-corrected chi connectivity index (χ1v) is 5.60. The Balaban J connectivity index is 0.00000361. The number of hydrogen-bond donors (Lipinski definition) is 3. The SMILES string of the molecule is CNC(=O)Oc1cc(CCNC(=O)OC)ccc1O.Cl. The Morgan fingerprint density at radius 2 is 2.00 bits per heavy atom. The number of benzene rings is 1. The van der Waals surface area contributed by atoms with E-state index in [0.717, 1.165) is 5.56 Å². The van der Waals surface area contributed by atoms with E-state index in [0.29, 0.717) is 13.0 Å². The van der Waals surface area contributed by atoms with Crippen LogP contribution in [0.15, 0.2) is 18.2 Å². The zero-order valence-corrected chi connectivity index (χ0v) is 12.0. The number of phenolic OH excluding ortho intramolecular Hbond substituents is 1. The van der Waals surface area contributed by atoms with Crippen LogP contribution in [0.5, 0.6) is 11.5 Å². The molecule has 8 heteroatoms. The summed E-state index contributed by atoms with van der Waals surface area (Å²) in [4.78, 5) is 21.9. The Bertz CT molecular complexity index is 467. The summed E-state index contributed by atoms with van der Waals surface area (Å²) in [7, 11) is 2.70. The van der Waals surface area contributed by atoms with E-state index in [2.05, 4.69) is 15.4 Å². The van der Waals surface area contributed by atoms with E-state index < -0.39 is 12.2 Å². The summed E-state index contributed by atoms with van der Waals surface area (Å²) >= 11 is 0. The average molecular weight is 305 g/mol. The molecule has 0 bridgehead atoms. The maximum absolute atomic E-state index is 11.1. The van der Waals surface area contributed by atoms with Gasteiger partial charge in [-0.1, -0.05) is 6.07 Å². The van der Waals surface area contributed by atoms with Gasteiger partial charge in [0.05, 0.1) is 7.11 Å². The standard InChI is InChI=1S/C12H16N2O5.ClH/c1-13-11(16)19-10-7-8(3-4-9(10)15)5-6-14-12(17)18-2;/h3-4,7,15H,5-6H2,1-2H3,(H,13,16)(H,14,17);1H. The molecule has 0 aliphatic heterocycles. The second kappa shape index (κ2) is 8.87. The molecule has 0 aromatic heterocycles. The lowest BCUT2D eigenvalue weighted by Gasteiger charge is -2.08. The number of phenols is 1. The summed E-state index contributed by atoms with van der Waals surface area (Å²) in [6.45, 7) is 0.372. The highest BCUT2D eigenvalue weighted by Crippen LogP contribution is 2.27. The van der Waals surface area contributed by atoms with Gasteiger partial charge in [-0.25, -0.2) is 9.59 Å². The summed E-state index contributed by atoms with van der Waals surface area (Å²) in [5, 5.41) is 14.3. The summed E-state index contributed by atoms with van der Waals surface area (Å²) in [6.07, 6.45) is -0.666. The number of halogens is 1. The Hall–Kier alpha value is -2.15. The molecule has 0 aliphatic rings. The van der Waals surface area contributed by atoms with Gasteiger partial charge in [-0.05, 0) is 24.1 Å². The van der Waals surface area contributed by atoms with Gasteiger partial charge in [0.1, 0.15) is 0 Å². The highest BCUT2D eigenvalue weighted by atomic mass is 35.5. The third kappa shape index (κ3) is 5.66. The van der Waals surface area contributed by atoms with Crippen LogP contribution in [-0.2, 0) is 11.2 Å². The van der Waals surface area contributed by atoms with Crippen molar-refractivity contribution in [2.75, 3.05) is 20.7 Å². The van der Waals surface area contributed by atoms with Gasteiger partial charge in [0, 0.05) is 13.6 Å². The average Bonchev–Trinajstić information content (AvgIpc) is 2.41. The molecule has 1 aromatic carbocycles. The first-order valence-electron chi connectivity index (χ1n) is 5.60. The van der Waals surface area contributed by atoms with Crippen LogP contribution in [0, 0.1) is 0 Å². The third-order valence-electron chi connectivity index (χ3n) is 2.30. The Kier molecular flexibility index (Phi) is 7.91. The fourth-order valence-electron chi connectivity index (χ4n) is 1.33. The monoisotopic (exact) mass is 304 g/mol. The van der Waals surface area contributed by atoms with Crippen molar-refractivity contribution in [1.82, 2.24) is 10.6 Å². The molecule has 0 atom stereocenters. The van der Waals surface area contributed by atoms with Crippen molar-refractivity contribution in [3.63, 3.8) is 0 Å². The van der Waals surface area contributed by atoms with Gasteiger partial charge < -0.3 is 25.2 Å². The molecule has 0 spiro atoms. The molecule has 0 fully saturated rings. The molecule has 0 radical (unpaired) electrons. The number of alkyl carbamates (subject to hydrolysis) is 1. The lowest BCUT2D eigenvalue weighted by atomic mass is 10.1. The first kappa shape index (κ1) is 17.8. The topological polar surface area (TPSA) is 96.9 Å². The van der Waals surface area contributed by atoms with Crippen LogP contribution in [0.25, 0.3) is 0 Å². The van der Waals surface area contributed by atoms with Gasteiger partial charge in [0.2, 0.25) is 0 Å². The first-order chi connectivity index (χ1) is 9.06. The predicted molar refractivity (Wildman–Crippen MR) is 74.6 cm³/mol. The van der Waals surface area contributed by atoms with E-state index in [9.17, 15) is 14.7 Å². The summed E-state index contributed by atoms with van der Waals surface area (Å²) in [6, 6.07) is 4.63. The van der Waals surface area contributed by atoms with Crippen molar-refractivity contribution >= 4 is 24.6 Å². The number of rotatable bonds is 4. The number of ether oxygens (including phenoxy) is 2. The highest BCUT2D eigenvalue weighted by molar-refractivity contribution is 5.85. The Morgan fingerprint density at radius 3 is 2.60 bits per heavy atom. The number of hydrogen-bond acceptors (Lipinski definition) is 5. The Labute approximate surface area is 122 Å². The van der Waals surface area contributed by atoms with Gasteiger partial charge >= 0.3 is 12.2 Å². The van der Waals surface area contributed by atoms with Crippen molar-refractivity contribution < 1.29 is 24.2 Å². The van der Waals surface area contributed by atoms with Gasteiger partial charge in [-0.2, -0.15) is 0 Å². The summed E-state index contributed by atoms with van der Waals surface area (Å²) in [5.41, 5.74) is 0.799. The lowest BCUT2D eigenvalue weighted by Crippen LogP contribution is -2.25. The molecule has 1 rings (SSSR count). The van der Waals surface area contributed by atoms with Crippen LogP contribution < -0.4 is 15.4 Å². The summed E-state index contributed by atoms with van der Waals surface area (Å²) in [5.74, 6) is -0.0665. The number of methoxy groups -OCH3 is 1. The zero-order chi connectivity index (χ0) is 14.3. The molecule has 1 aromatic rings. The molecular weight excluding hydrogens is 288 g/mol. The van der Waals surface area contributed by atoms with Crippen LogP contribution in [0.3, 0.4) is 0 Å². The minimum Gasteiger partial charge on any atom is -0.504 e. The minimum absolute atomic E-state index is 0. The van der Waals surface area contributed by atoms with Crippen LogP contribution >= 0.6 is 12.4 Å². The molecule has 0 unspecified atom stereocenters. The van der Waals surface area contributed by atoms with Crippen LogP contribution in [0.4, 0.5) is 9.59 Å². The smallest absolute Gasteiger partial charge is 0.412 e. The number of aromatic hydroxyl groups is 1. The summed E-state index contributed by atoms with van der Waals surface area (Å²) < 4.78 is 9.30. The van der Waals surface area contributed by atoms with E-state index in [4.69, 9.17) is 4.74 Å². The van der Waals surface area contributed by atoms with E-state index in [-0.39, 0.29) is 23.9 Å².